The highest BCUT2D eigenvalue weighted by molar-refractivity contribution is 7.99. The number of aromatic nitrogens is 1. The fourth-order valence-corrected chi connectivity index (χ4v) is 5.98. The molecule has 0 spiro atoms. The van der Waals surface area contributed by atoms with Gasteiger partial charge in [0.15, 0.2) is 0 Å². The number of aliphatic hydroxyl groups excluding tert-OH is 1. The highest BCUT2D eigenvalue weighted by atomic mass is 35.5. The Morgan fingerprint density at radius 3 is 2.51 bits per heavy atom. The molecule has 3 aromatic carbocycles. The summed E-state index contributed by atoms with van der Waals surface area (Å²) in [5, 5.41) is 21.2. The summed E-state index contributed by atoms with van der Waals surface area (Å²) in [5.41, 5.74) is 6.34. The first-order chi connectivity index (χ1) is 18.8. The molecule has 0 saturated carbocycles. The molecule has 4 nitrogen and oxygen atoms in total. The van der Waals surface area contributed by atoms with E-state index in [9.17, 15) is 15.0 Å². The van der Waals surface area contributed by atoms with Gasteiger partial charge in [-0.15, -0.1) is 0 Å². The number of carboxylic acids is 1. The van der Waals surface area contributed by atoms with Crippen LogP contribution >= 0.6 is 23.4 Å². The number of aliphatic hydroxyl groups is 1. The fraction of sp³-hybridized carbons (Fsp3) is 0.273. The van der Waals surface area contributed by atoms with E-state index in [2.05, 4.69) is 42.5 Å². The summed E-state index contributed by atoms with van der Waals surface area (Å²) in [7, 11) is 0. The number of fused-ring (bicyclic) bond motifs is 1. The minimum Gasteiger partial charge on any atom is -0.481 e. The Kier molecular flexibility index (Phi) is 10.2. The van der Waals surface area contributed by atoms with Crippen molar-refractivity contribution < 1.29 is 15.0 Å². The minimum absolute atomic E-state index is 0.140. The first-order valence-electron chi connectivity index (χ1n) is 13.2. The quantitative estimate of drug-likeness (QED) is 0.183. The van der Waals surface area contributed by atoms with Gasteiger partial charge in [-0.1, -0.05) is 85.3 Å². The third kappa shape index (κ3) is 8.43. The summed E-state index contributed by atoms with van der Waals surface area (Å²) in [5.74, 6) is -0.654. The Morgan fingerprint density at radius 2 is 1.74 bits per heavy atom. The number of hydrogen-bond donors (Lipinski definition) is 2. The van der Waals surface area contributed by atoms with Crippen LogP contribution in [0.2, 0.25) is 5.02 Å². The third-order valence-electron chi connectivity index (χ3n) is 6.68. The molecule has 4 aromatic rings. The molecule has 3 atom stereocenters. The van der Waals surface area contributed by atoms with E-state index >= 15 is 0 Å². The summed E-state index contributed by atoms with van der Waals surface area (Å²) in [6.45, 7) is 3.57. The molecule has 0 fully saturated rings. The molecule has 0 saturated heterocycles. The van der Waals surface area contributed by atoms with Crippen molar-refractivity contribution in [3.63, 3.8) is 0 Å². The number of nitrogens with zero attached hydrogens (tertiary/aromatic N) is 1. The standard InChI is InChI=1S/C33H34ClNO3S/c1-22(33(37)38)21-39-32(17-13-25-7-3-4-8-27(25)18-23(2)36)28-9-5-6-24(19-28)10-15-30-16-12-26-11-14-29(34)20-31(26)35-30/h3-12,14-16,19-20,22-23,32,36H,13,17-18,21H2,1-2H3,(H,37,38). The van der Waals surface area contributed by atoms with Crippen molar-refractivity contribution in [2.75, 3.05) is 5.75 Å². The zero-order valence-corrected chi connectivity index (χ0v) is 23.8. The van der Waals surface area contributed by atoms with Crippen molar-refractivity contribution in [2.24, 2.45) is 5.92 Å². The number of pyridine rings is 1. The van der Waals surface area contributed by atoms with E-state index in [-0.39, 0.29) is 5.25 Å². The van der Waals surface area contributed by atoms with Gasteiger partial charge in [-0.2, -0.15) is 11.8 Å². The lowest BCUT2D eigenvalue weighted by molar-refractivity contribution is -0.140. The lowest BCUT2D eigenvalue weighted by Crippen LogP contribution is -2.13. The molecule has 39 heavy (non-hydrogen) atoms. The molecule has 4 rings (SSSR count). The molecule has 0 aliphatic carbocycles. The monoisotopic (exact) mass is 559 g/mol. The van der Waals surface area contributed by atoms with Gasteiger partial charge in [0.1, 0.15) is 0 Å². The molecule has 0 amide bonds. The first kappa shape index (κ1) is 28.9. The van der Waals surface area contributed by atoms with Crippen molar-refractivity contribution in [1.29, 1.82) is 0 Å². The molecule has 1 aromatic heterocycles. The maximum atomic E-state index is 11.5. The molecule has 0 aliphatic heterocycles. The highest BCUT2D eigenvalue weighted by Crippen LogP contribution is 2.36. The van der Waals surface area contributed by atoms with E-state index in [1.165, 1.54) is 11.1 Å². The molecule has 1 heterocycles. The Bertz CT molecular complexity index is 1450. The van der Waals surface area contributed by atoms with Crippen LogP contribution in [0, 0.1) is 5.92 Å². The number of benzene rings is 3. The number of hydrogen-bond acceptors (Lipinski definition) is 4. The minimum atomic E-state index is -0.774. The maximum Gasteiger partial charge on any atom is 0.307 e. The summed E-state index contributed by atoms with van der Waals surface area (Å²) in [6.07, 6.45) is 6.01. The molecule has 0 bridgehead atoms. The van der Waals surface area contributed by atoms with Gasteiger partial charge in [-0.05, 0) is 72.7 Å². The lowest BCUT2D eigenvalue weighted by atomic mass is 9.96. The summed E-state index contributed by atoms with van der Waals surface area (Å²) in [6, 6.07) is 26.4. The molecular weight excluding hydrogens is 526 g/mol. The van der Waals surface area contributed by atoms with Gasteiger partial charge < -0.3 is 10.2 Å². The van der Waals surface area contributed by atoms with Crippen LogP contribution in [-0.4, -0.2) is 33.0 Å². The van der Waals surface area contributed by atoms with Crippen LogP contribution in [0.5, 0.6) is 0 Å². The van der Waals surface area contributed by atoms with E-state index in [1.54, 1.807) is 18.7 Å². The van der Waals surface area contributed by atoms with Crippen molar-refractivity contribution in [3.05, 3.63) is 112 Å². The topological polar surface area (TPSA) is 70.4 Å². The molecule has 202 valence electrons. The van der Waals surface area contributed by atoms with Gasteiger partial charge in [0.05, 0.1) is 23.2 Å². The molecule has 0 radical (unpaired) electrons. The Hall–Kier alpha value is -3.12. The van der Waals surface area contributed by atoms with Crippen molar-refractivity contribution in [3.8, 4) is 0 Å². The van der Waals surface area contributed by atoms with E-state index in [0.717, 1.165) is 40.6 Å². The Labute approximate surface area is 239 Å². The predicted molar refractivity (Wildman–Crippen MR) is 164 cm³/mol. The molecule has 2 N–H and O–H groups in total. The van der Waals surface area contributed by atoms with Gasteiger partial charge >= 0.3 is 5.97 Å². The summed E-state index contributed by atoms with van der Waals surface area (Å²) >= 11 is 7.84. The van der Waals surface area contributed by atoms with Gasteiger partial charge in [0.25, 0.3) is 0 Å². The number of carbonyl (C=O) groups is 1. The zero-order valence-electron chi connectivity index (χ0n) is 22.3. The predicted octanol–water partition coefficient (Wildman–Crippen LogP) is 8.11. The number of halogens is 1. The van der Waals surface area contributed by atoms with E-state index in [0.29, 0.717) is 17.2 Å². The lowest BCUT2D eigenvalue weighted by Gasteiger charge is -2.20. The number of aryl methyl sites for hydroxylation is 1. The molecular formula is C33H34ClNO3S. The van der Waals surface area contributed by atoms with Crippen LogP contribution in [0.15, 0.2) is 78.9 Å². The van der Waals surface area contributed by atoms with Crippen LogP contribution in [0.25, 0.3) is 23.1 Å². The highest BCUT2D eigenvalue weighted by Gasteiger charge is 2.18. The number of aliphatic carboxylic acids is 1. The van der Waals surface area contributed by atoms with Gasteiger partial charge in [0, 0.05) is 21.4 Å². The molecule has 0 aliphatic rings. The SMILES string of the molecule is CC(O)Cc1ccccc1CCC(SCC(C)C(=O)O)c1cccc(C=Cc2ccc3ccc(Cl)cc3n2)c1. The average Bonchev–Trinajstić information content (AvgIpc) is 2.92. The van der Waals surface area contributed by atoms with Crippen molar-refractivity contribution in [1.82, 2.24) is 4.98 Å². The number of rotatable bonds is 12. The van der Waals surface area contributed by atoms with Gasteiger partial charge in [0.2, 0.25) is 0 Å². The summed E-state index contributed by atoms with van der Waals surface area (Å²) in [4.78, 5) is 16.2. The largest absolute Gasteiger partial charge is 0.481 e. The molecule has 3 unspecified atom stereocenters. The van der Waals surface area contributed by atoms with Gasteiger partial charge in [-0.25, -0.2) is 4.98 Å². The van der Waals surface area contributed by atoms with Crippen LogP contribution < -0.4 is 0 Å². The van der Waals surface area contributed by atoms with Crippen LogP contribution in [0.1, 0.15) is 53.5 Å². The fourth-order valence-electron chi connectivity index (χ4n) is 4.53. The van der Waals surface area contributed by atoms with E-state index in [1.807, 2.05) is 55.5 Å². The Balaban J connectivity index is 1.54. The second kappa shape index (κ2) is 13.8. The van der Waals surface area contributed by atoms with Crippen LogP contribution in [0.3, 0.4) is 0 Å². The van der Waals surface area contributed by atoms with E-state index < -0.39 is 18.0 Å². The maximum absolute atomic E-state index is 11.5. The zero-order chi connectivity index (χ0) is 27.8. The van der Waals surface area contributed by atoms with Crippen molar-refractivity contribution >= 4 is 52.4 Å². The first-order valence-corrected chi connectivity index (χ1v) is 14.6. The smallest absolute Gasteiger partial charge is 0.307 e. The second-order valence-corrected chi connectivity index (χ2v) is 11.7. The number of carboxylic acid groups (broad SMARTS) is 1. The van der Waals surface area contributed by atoms with Crippen molar-refractivity contribution in [2.45, 2.75) is 44.5 Å². The van der Waals surface area contributed by atoms with Crippen LogP contribution in [-0.2, 0) is 17.6 Å². The third-order valence-corrected chi connectivity index (χ3v) is 8.52. The van der Waals surface area contributed by atoms with E-state index in [4.69, 9.17) is 16.6 Å². The Morgan fingerprint density at radius 1 is 0.974 bits per heavy atom. The van der Waals surface area contributed by atoms with Gasteiger partial charge in [-0.3, -0.25) is 4.79 Å². The summed E-state index contributed by atoms with van der Waals surface area (Å²) < 4.78 is 0. The normalized spacial score (nSPS) is 13.9. The number of thioether (sulfide) groups is 1. The second-order valence-electron chi connectivity index (χ2n) is 10.00. The molecule has 6 heteroatoms. The average molecular weight is 560 g/mol. The van der Waals surface area contributed by atoms with Crippen LogP contribution in [0.4, 0.5) is 0 Å².